The van der Waals surface area contributed by atoms with Gasteiger partial charge in [0.05, 0.1) is 44.1 Å². The monoisotopic (exact) mass is 1480 g/mol. The Labute approximate surface area is 665 Å². The maximum atomic E-state index is 2.46. The first-order valence-corrected chi connectivity index (χ1v) is 40.6. The van der Waals surface area contributed by atoms with Crippen LogP contribution in [0, 0.1) is 0 Å². The quantitative estimate of drug-likeness (QED) is 0.130. The summed E-state index contributed by atoms with van der Waals surface area (Å²) in [5.74, 6) is 0. The molecular weight excluding hydrogens is 1420 g/mol. The Morgan fingerprint density at radius 2 is 0.456 bits per heavy atom. The average Bonchev–Trinajstić information content (AvgIpc) is 1.47. The SMILES string of the molecule is c1ccc(-c2ccc(-n3c4ccccc4c4cc(-c5ccc6c(c5)c5c7c(ccc5n6-c5cccc(-c6ccccc6)c5)sc5ccccc57)ccc43)cc2)cc1.c1ccc(-c2ccc(-n3c4ccccc4c4cc(-c5ccc6c(c5)c5c7sc8ccccc8c7ccc5n6-c5cccc(-c6ccccc6)c5)ccc43)cc2)cc1. The zero-order chi connectivity index (χ0) is 74.9. The Morgan fingerprint density at radius 3 is 0.939 bits per heavy atom. The van der Waals surface area contributed by atoms with Crippen molar-refractivity contribution in [1.82, 2.24) is 18.3 Å². The zero-order valence-electron chi connectivity index (χ0n) is 61.9. The van der Waals surface area contributed by atoms with E-state index in [4.69, 9.17) is 0 Å². The third-order valence-electron chi connectivity index (χ3n) is 23.4. The van der Waals surface area contributed by atoms with Gasteiger partial charge in [-0.3, -0.25) is 0 Å². The zero-order valence-corrected chi connectivity index (χ0v) is 63.5. The fourth-order valence-corrected chi connectivity index (χ4v) is 20.5. The second-order valence-corrected chi connectivity index (χ2v) is 32.0. The molecule has 532 valence electrons. The standard InChI is InChI=1S/2C54H34N2S/c1-3-12-35(13-4-1)37-22-26-41(27-23-37)55-48-20-9-7-18-43(48)46-33-39(24-29-49(46)55)40-25-30-50-47(34-40)53-51(31-28-45-44-19-8-10-21-52(44)57-54(45)53)56(50)42-17-11-16-38(32-42)36-14-5-2-6-15-36;1-3-12-35(13-4-1)37-22-26-41(27-23-37)55-47-20-9-7-18-43(47)45-33-39(24-28-48(45)55)40-25-29-49-46(34-40)53-50(30-31-52-54(53)44-19-8-10-21-51(44)57-52)56(49)42-17-11-16-38(32-42)36-14-5-2-6-15-36/h2*1-34H. The molecule has 0 saturated heterocycles. The molecule has 0 spiro atoms. The number of hydrogen-bond donors (Lipinski definition) is 0. The van der Waals surface area contributed by atoms with Crippen LogP contribution in [0.5, 0.6) is 0 Å². The van der Waals surface area contributed by atoms with Crippen molar-refractivity contribution in [2.24, 2.45) is 0 Å². The maximum Gasteiger partial charge on any atom is 0.0555 e. The second-order valence-electron chi connectivity index (χ2n) is 29.8. The van der Waals surface area contributed by atoms with Gasteiger partial charge in [0.15, 0.2) is 0 Å². The topological polar surface area (TPSA) is 19.7 Å². The Morgan fingerprint density at radius 1 is 0.140 bits per heavy atom. The van der Waals surface area contributed by atoms with Gasteiger partial charge in [-0.15, -0.1) is 22.7 Å². The van der Waals surface area contributed by atoms with Gasteiger partial charge in [-0.2, -0.15) is 0 Å². The fourth-order valence-electron chi connectivity index (χ4n) is 18.2. The van der Waals surface area contributed by atoms with Crippen LogP contribution in [0.2, 0.25) is 0 Å². The van der Waals surface area contributed by atoms with E-state index in [1.165, 1.54) is 194 Å². The summed E-state index contributed by atoms with van der Waals surface area (Å²) < 4.78 is 15.0. The normalized spacial score (nSPS) is 11.9. The molecule has 0 amide bonds. The molecule has 6 aromatic heterocycles. The van der Waals surface area contributed by atoms with Gasteiger partial charge in [0.25, 0.3) is 0 Å². The van der Waals surface area contributed by atoms with Gasteiger partial charge < -0.3 is 18.3 Å². The number of para-hydroxylation sites is 2. The van der Waals surface area contributed by atoms with Gasteiger partial charge in [0.2, 0.25) is 0 Å². The first-order chi connectivity index (χ1) is 56.5. The number of nitrogens with zero attached hydrogens (tertiary/aromatic N) is 4. The summed E-state index contributed by atoms with van der Waals surface area (Å²) in [4.78, 5) is 0. The Bertz CT molecular complexity index is 7930. The summed E-state index contributed by atoms with van der Waals surface area (Å²) >= 11 is 3.78. The summed E-state index contributed by atoms with van der Waals surface area (Å²) in [6.45, 7) is 0. The minimum Gasteiger partial charge on any atom is -0.309 e. The highest BCUT2D eigenvalue weighted by molar-refractivity contribution is 7.27. The lowest BCUT2D eigenvalue weighted by atomic mass is 9.99. The largest absolute Gasteiger partial charge is 0.309 e. The van der Waals surface area contributed by atoms with Gasteiger partial charge >= 0.3 is 0 Å². The van der Waals surface area contributed by atoms with Crippen LogP contribution in [0.3, 0.4) is 0 Å². The van der Waals surface area contributed by atoms with E-state index in [1.54, 1.807) is 0 Å². The van der Waals surface area contributed by atoms with Crippen molar-refractivity contribution in [2.45, 2.75) is 0 Å². The van der Waals surface area contributed by atoms with Crippen LogP contribution in [0.25, 0.3) is 217 Å². The van der Waals surface area contributed by atoms with E-state index < -0.39 is 0 Å². The highest BCUT2D eigenvalue weighted by Crippen LogP contribution is 2.49. The maximum absolute atomic E-state index is 2.46. The predicted molar refractivity (Wildman–Crippen MR) is 489 cm³/mol. The molecule has 0 aliphatic carbocycles. The minimum atomic E-state index is 1.16. The molecule has 24 aromatic rings. The summed E-state index contributed by atoms with van der Waals surface area (Å²) in [7, 11) is 0. The van der Waals surface area contributed by atoms with Crippen LogP contribution in [-0.4, -0.2) is 18.3 Å². The van der Waals surface area contributed by atoms with Crippen molar-refractivity contribution in [3.63, 3.8) is 0 Å². The first-order valence-electron chi connectivity index (χ1n) is 39.0. The van der Waals surface area contributed by atoms with E-state index in [0.29, 0.717) is 0 Å². The Hall–Kier alpha value is -14.4. The molecule has 0 aliphatic rings. The molecular formula is C108H68N4S2. The van der Waals surface area contributed by atoms with Crippen molar-refractivity contribution < 1.29 is 0 Å². The van der Waals surface area contributed by atoms with Crippen molar-refractivity contribution in [1.29, 1.82) is 0 Å². The van der Waals surface area contributed by atoms with Gasteiger partial charge in [-0.25, -0.2) is 0 Å². The van der Waals surface area contributed by atoms with E-state index in [2.05, 4.69) is 431 Å². The third kappa shape index (κ3) is 10.7. The van der Waals surface area contributed by atoms with Crippen LogP contribution in [-0.2, 0) is 0 Å². The lowest BCUT2D eigenvalue weighted by Crippen LogP contribution is -1.94. The van der Waals surface area contributed by atoms with Crippen molar-refractivity contribution >= 4 is 150 Å². The molecule has 0 N–H and O–H groups in total. The van der Waals surface area contributed by atoms with Crippen molar-refractivity contribution in [3.8, 4) is 89.5 Å². The van der Waals surface area contributed by atoms with E-state index in [9.17, 15) is 0 Å². The fraction of sp³-hybridized carbons (Fsp3) is 0. The molecule has 0 radical (unpaired) electrons. The molecule has 4 nitrogen and oxygen atoms in total. The highest BCUT2D eigenvalue weighted by atomic mass is 32.1. The molecule has 0 atom stereocenters. The minimum absolute atomic E-state index is 1.16. The summed E-state index contributed by atoms with van der Waals surface area (Å²) in [5, 5.41) is 15.5. The number of aromatic nitrogens is 4. The van der Waals surface area contributed by atoms with E-state index in [1.807, 2.05) is 22.7 Å². The van der Waals surface area contributed by atoms with Crippen molar-refractivity contribution in [3.05, 3.63) is 413 Å². The second kappa shape index (κ2) is 26.7. The van der Waals surface area contributed by atoms with Crippen molar-refractivity contribution in [2.75, 3.05) is 0 Å². The van der Waals surface area contributed by atoms with Crippen LogP contribution in [0.4, 0.5) is 0 Å². The number of rotatable bonds is 10. The average molecular weight is 1490 g/mol. The summed E-state index contributed by atoms with van der Waals surface area (Å²) in [6, 6.07) is 151. The molecule has 6 heterocycles. The van der Waals surface area contributed by atoms with E-state index in [0.717, 1.165) is 22.7 Å². The molecule has 24 rings (SSSR count). The lowest BCUT2D eigenvalue weighted by Gasteiger charge is -2.11. The molecule has 18 aromatic carbocycles. The summed E-state index contributed by atoms with van der Waals surface area (Å²) in [6.07, 6.45) is 0. The van der Waals surface area contributed by atoms with Crippen LogP contribution >= 0.6 is 22.7 Å². The Kier molecular flexibility index (Phi) is 15.3. The van der Waals surface area contributed by atoms with Crippen LogP contribution < -0.4 is 0 Å². The molecule has 114 heavy (non-hydrogen) atoms. The van der Waals surface area contributed by atoms with Gasteiger partial charge in [0, 0.05) is 106 Å². The van der Waals surface area contributed by atoms with Gasteiger partial charge in [0.1, 0.15) is 0 Å². The predicted octanol–water partition coefficient (Wildman–Crippen LogP) is 30.5. The van der Waals surface area contributed by atoms with Gasteiger partial charge in [-0.1, -0.05) is 273 Å². The van der Waals surface area contributed by atoms with Crippen LogP contribution in [0.15, 0.2) is 413 Å². The molecule has 0 fully saturated rings. The van der Waals surface area contributed by atoms with E-state index in [-0.39, 0.29) is 0 Å². The molecule has 6 heteroatoms. The molecule has 0 bridgehead atoms. The smallest absolute Gasteiger partial charge is 0.0555 e. The lowest BCUT2D eigenvalue weighted by molar-refractivity contribution is 1.18. The number of hydrogen-bond acceptors (Lipinski definition) is 2. The number of fused-ring (bicyclic) bond motifs is 20. The molecule has 0 unspecified atom stereocenters. The van der Waals surface area contributed by atoms with Crippen LogP contribution in [0.1, 0.15) is 0 Å². The Balaban J connectivity index is 0.000000135. The number of benzene rings is 18. The first kappa shape index (κ1) is 65.5. The molecule has 0 aliphatic heterocycles. The third-order valence-corrected chi connectivity index (χ3v) is 25.8. The number of thiophene rings is 2. The molecule has 0 saturated carbocycles. The highest BCUT2D eigenvalue weighted by Gasteiger charge is 2.24. The summed E-state index contributed by atoms with van der Waals surface area (Å²) in [5.41, 5.74) is 28.9. The van der Waals surface area contributed by atoms with Gasteiger partial charge in [-0.05, 0) is 206 Å². The van der Waals surface area contributed by atoms with E-state index >= 15 is 0 Å².